The summed E-state index contributed by atoms with van der Waals surface area (Å²) in [6.45, 7) is 1.93. The number of nitrogens with two attached hydrogens (primary N) is 1. The average molecular weight is 222 g/mol. The first-order valence-corrected chi connectivity index (χ1v) is 4.76. The minimum absolute atomic E-state index is 0.618. The van der Waals surface area contributed by atoms with Gasteiger partial charge in [-0.15, -0.1) is 0 Å². The van der Waals surface area contributed by atoms with Crippen molar-refractivity contribution in [3.05, 3.63) is 29.8 Å². The molecule has 1 atom stereocenters. The van der Waals surface area contributed by atoms with Crippen LogP contribution in [0.2, 0.25) is 0 Å². The van der Waals surface area contributed by atoms with Crippen molar-refractivity contribution < 1.29 is 14.7 Å². The van der Waals surface area contributed by atoms with Crippen LogP contribution in [-0.4, -0.2) is 30.1 Å². The van der Waals surface area contributed by atoms with E-state index in [9.17, 15) is 9.59 Å². The number of aryl methyl sites for hydroxylation is 1. The molecule has 1 aromatic carbocycles. The number of amides is 1. The Kier molecular flexibility index (Phi) is 3.63. The molecular formula is C11H14N2O3. The lowest BCUT2D eigenvalue weighted by molar-refractivity contribution is -0.142. The molecule has 0 bridgehead atoms. The SMILES string of the molecule is Cc1ccc(N(C)C(=O)C(N)C(=O)O)cc1. The van der Waals surface area contributed by atoms with E-state index in [4.69, 9.17) is 10.8 Å². The van der Waals surface area contributed by atoms with Crippen molar-refractivity contribution in [1.29, 1.82) is 0 Å². The molecule has 0 spiro atoms. The topological polar surface area (TPSA) is 83.6 Å². The maximum atomic E-state index is 11.6. The van der Waals surface area contributed by atoms with Gasteiger partial charge in [-0.3, -0.25) is 4.79 Å². The predicted octanol–water partition coefficient (Wildman–Crippen LogP) is 0.370. The van der Waals surface area contributed by atoms with Crippen molar-refractivity contribution in [2.45, 2.75) is 13.0 Å². The quantitative estimate of drug-likeness (QED) is 0.724. The highest BCUT2D eigenvalue weighted by Crippen LogP contribution is 2.13. The van der Waals surface area contributed by atoms with Crippen LogP contribution < -0.4 is 10.6 Å². The Morgan fingerprint density at radius 2 is 1.81 bits per heavy atom. The molecule has 5 heteroatoms. The Balaban J connectivity index is 2.85. The zero-order valence-electron chi connectivity index (χ0n) is 9.18. The lowest BCUT2D eigenvalue weighted by atomic mass is 10.2. The summed E-state index contributed by atoms with van der Waals surface area (Å²) in [4.78, 5) is 23.4. The number of rotatable bonds is 3. The Morgan fingerprint density at radius 3 is 2.25 bits per heavy atom. The summed E-state index contributed by atoms with van der Waals surface area (Å²) in [6, 6.07) is 5.63. The molecule has 0 aromatic heterocycles. The largest absolute Gasteiger partial charge is 0.480 e. The Hall–Kier alpha value is -1.88. The molecule has 1 rings (SSSR count). The second kappa shape index (κ2) is 4.76. The van der Waals surface area contributed by atoms with Crippen LogP contribution >= 0.6 is 0 Å². The van der Waals surface area contributed by atoms with Gasteiger partial charge in [0, 0.05) is 12.7 Å². The smallest absolute Gasteiger partial charge is 0.330 e. The molecule has 5 nitrogen and oxygen atoms in total. The van der Waals surface area contributed by atoms with Crippen LogP contribution in [0.5, 0.6) is 0 Å². The fourth-order valence-corrected chi connectivity index (χ4v) is 1.21. The van der Waals surface area contributed by atoms with E-state index in [1.54, 1.807) is 12.1 Å². The second-order valence-electron chi connectivity index (χ2n) is 3.55. The van der Waals surface area contributed by atoms with E-state index in [1.165, 1.54) is 11.9 Å². The average Bonchev–Trinajstić information content (AvgIpc) is 2.27. The predicted molar refractivity (Wildman–Crippen MR) is 60.2 cm³/mol. The first-order chi connectivity index (χ1) is 7.43. The van der Waals surface area contributed by atoms with Crippen molar-refractivity contribution >= 4 is 17.6 Å². The molecule has 0 fully saturated rings. The summed E-state index contributed by atoms with van der Waals surface area (Å²) in [5.74, 6) is -1.97. The highest BCUT2D eigenvalue weighted by Gasteiger charge is 2.25. The number of carboxylic acids is 1. The normalized spacial score (nSPS) is 11.9. The molecule has 0 radical (unpaired) electrons. The maximum Gasteiger partial charge on any atom is 0.330 e. The molecule has 0 saturated carbocycles. The third kappa shape index (κ3) is 2.58. The number of carbonyl (C=O) groups is 2. The fourth-order valence-electron chi connectivity index (χ4n) is 1.21. The summed E-state index contributed by atoms with van der Waals surface area (Å²) in [5.41, 5.74) is 6.92. The van der Waals surface area contributed by atoms with Crippen LogP contribution in [-0.2, 0) is 9.59 Å². The maximum absolute atomic E-state index is 11.6. The highest BCUT2D eigenvalue weighted by atomic mass is 16.4. The lowest BCUT2D eigenvalue weighted by Gasteiger charge is -2.19. The van der Waals surface area contributed by atoms with Gasteiger partial charge in [-0.1, -0.05) is 17.7 Å². The Morgan fingerprint density at radius 1 is 1.31 bits per heavy atom. The number of hydrogen-bond donors (Lipinski definition) is 2. The number of nitrogens with zero attached hydrogens (tertiary/aromatic N) is 1. The van der Waals surface area contributed by atoms with Crippen molar-refractivity contribution in [3.63, 3.8) is 0 Å². The summed E-state index contributed by atoms with van der Waals surface area (Å²) in [6.07, 6.45) is 0. The van der Waals surface area contributed by atoms with Gasteiger partial charge in [0.05, 0.1) is 0 Å². The second-order valence-corrected chi connectivity index (χ2v) is 3.55. The first-order valence-electron chi connectivity index (χ1n) is 4.76. The van der Waals surface area contributed by atoms with Gasteiger partial charge in [-0.05, 0) is 19.1 Å². The van der Waals surface area contributed by atoms with E-state index in [2.05, 4.69) is 0 Å². The van der Waals surface area contributed by atoms with Crippen molar-refractivity contribution in [2.75, 3.05) is 11.9 Å². The molecule has 0 heterocycles. The van der Waals surface area contributed by atoms with Gasteiger partial charge >= 0.3 is 5.97 Å². The van der Waals surface area contributed by atoms with Gasteiger partial charge in [0.15, 0.2) is 6.04 Å². The zero-order chi connectivity index (χ0) is 12.3. The number of benzene rings is 1. The van der Waals surface area contributed by atoms with Gasteiger partial charge < -0.3 is 15.7 Å². The minimum Gasteiger partial charge on any atom is -0.480 e. The van der Waals surface area contributed by atoms with E-state index in [0.29, 0.717) is 5.69 Å². The summed E-state index contributed by atoms with van der Waals surface area (Å²) < 4.78 is 0. The van der Waals surface area contributed by atoms with Crippen molar-refractivity contribution in [1.82, 2.24) is 0 Å². The standard InChI is InChI=1S/C11H14N2O3/c1-7-3-5-8(6-4-7)13(2)10(14)9(12)11(15)16/h3-6,9H,12H2,1-2H3,(H,15,16). The van der Waals surface area contributed by atoms with Crippen LogP contribution in [0.1, 0.15) is 5.56 Å². The monoisotopic (exact) mass is 222 g/mol. The van der Waals surface area contributed by atoms with Crippen LogP contribution in [0, 0.1) is 6.92 Å². The van der Waals surface area contributed by atoms with E-state index in [0.717, 1.165) is 5.56 Å². The summed E-state index contributed by atoms with van der Waals surface area (Å²) in [5, 5.41) is 8.62. The summed E-state index contributed by atoms with van der Waals surface area (Å²) in [7, 11) is 1.50. The number of hydrogen-bond acceptors (Lipinski definition) is 3. The Bertz CT molecular complexity index is 400. The fraction of sp³-hybridized carbons (Fsp3) is 0.273. The number of anilines is 1. The van der Waals surface area contributed by atoms with Crippen molar-refractivity contribution in [3.8, 4) is 0 Å². The van der Waals surface area contributed by atoms with Gasteiger partial charge in [0.1, 0.15) is 0 Å². The molecule has 0 aliphatic heterocycles. The van der Waals surface area contributed by atoms with Crippen LogP contribution in [0.15, 0.2) is 24.3 Å². The van der Waals surface area contributed by atoms with E-state index in [-0.39, 0.29) is 0 Å². The molecule has 86 valence electrons. The van der Waals surface area contributed by atoms with Gasteiger partial charge in [0.2, 0.25) is 0 Å². The van der Waals surface area contributed by atoms with Crippen LogP contribution in [0.25, 0.3) is 0 Å². The zero-order valence-corrected chi connectivity index (χ0v) is 9.18. The van der Waals surface area contributed by atoms with E-state index in [1.807, 2.05) is 19.1 Å². The minimum atomic E-state index is -1.52. The molecule has 0 aliphatic carbocycles. The van der Waals surface area contributed by atoms with Gasteiger partial charge in [-0.2, -0.15) is 0 Å². The third-order valence-electron chi connectivity index (χ3n) is 2.28. The molecule has 0 aliphatic rings. The first kappa shape index (κ1) is 12.2. The van der Waals surface area contributed by atoms with E-state index < -0.39 is 17.9 Å². The molecule has 1 amide bonds. The number of likely N-dealkylation sites (N-methyl/N-ethyl adjacent to an activating group) is 1. The molecular weight excluding hydrogens is 208 g/mol. The van der Waals surface area contributed by atoms with Gasteiger partial charge in [0.25, 0.3) is 5.91 Å². The number of carbonyl (C=O) groups excluding carboxylic acids is 1. The lowest BCUT2D eigenvalue weighted by Crippen LogP contribution is -2.46. The van der Waals surface area contributed by atoms with Gasteiger partial charge in [-0.25, -0.2) is 4.79 Å². The molecule has 3 N–H and O–H groups in total. The molecule has 16 heavy (non-hydrogen) atoms. The highest BCUT2D eigenvalue weighted by molar-refractivity contribution is 6.08. The van der Waals surface area contributed by atoms with E-state index >= 15 is 0 Å². The molecule has 1 aromatic rings. The molecule has 1 unspecified atom stereocenters. The number of aliphatic carboxylic acids is 1. The van der Waals surface area contributed by atoms with Crippen molar-refractivity contribution in [2.24, 2.45) is 5.73 Å². The summed E-state index contributed by atoms with van der Waals surface area (Å²) >= 11 is 0. The third-order valence-corrected chi connectivity index (χ3v) is 2.28. The molecule has 0 saturated heterocycles. The number of carboxylic acid groups (broad SMARTS) is 1. The van der Waals surface area contributed by atoms with Crippen LogP contribution in [0.4, 0.5) is 5.69 Å². The van der Waals surface area contributed by atoms with Crippen LogP contribution in [0.3, 0.4) is 0 Å². The Labute approximate surface area is 93.5 Å².